The third-order valence-corrected chi connectivity index (χ3v) is 6.30. The molecule has 3 heterocycles. The van der Waals surface area contributed by atoms with Gasteiger partial charge in [0.1, 0.15) is 34.9 Å². The van der Waals surface area contributed by atoms with Gasteiger partial charge >= 0.3 is 12.4 Å². The number of nitrogens with zero attached hydrogens (tertiary/aromatic N) is 1. The van der Waals surface area contributed by atoms with Crippen LogP contribution in [0.1, 0.15) is 23.5 Å². The average Bonchev–Trinajstić information content (AvgIpc) is 3.35. The van der Waals surface area contributed by atoms with Gasteiger partial charge in [-0.3, -0.25) is 4.79 Å². The number of rotatable bonds is 5. The first kappa shape index (κ1) is 23.0. The Morgan fingerprint density at radius 2 is 1.86 bits per heavy atom. The molecular formula is C25H19F3N4O5. The molecule has 1 aromatic heterocycles. The normalized spacial score (nSPS) is 20.9. The Labute approximate surface area is 207 Å². The fourth-order valence-electron chi connectivity index (χ4n) is 4.61. The van der Waals surface area contributed by atoms with Crippen molar-refractivity contribution in [3.05, 3.63) is 65.9 Å². The lowest BCUT2D eigenvalue weighted by Crippen LogP contribution is -2.34. The van der Waals surface area contributed by atoms with Crippen LogP contribution >= 0.6 is 0 Å². The molecule has 3 atom stereocenters. The number of carbonyl (C=O) groups is 2. The van der Waals surface area contributed by atoms with Crippen molar-refractivity contribution < 1.29 is 37.0 Å². The molecule has 0 spiro atoms. The molecule has 1 fully saturated rings. The number of hydrogen-bond donors (Lipinski definition) is 3. The van der Waals surface area contributed by atoms with Crippen molar-refractivity contribution in [2.45, 2.75) is 37.3 Å². The number of carbonyl (C=O) groups excluding carboxylic acids is 2. The largest absolute Gasteiger partial charge is 0.573 e. The SMILES string of the molecule is O=C1CCc2c(Oc3ccc4c(c3)[C@H]3[C@H](NC(=O)Nc5ccc(OC(F)(F)F)cc5)[C@H]3O4)ccnc2N1. The third-order valence-electron chi connectivity index (χ3n) is 6.30. The second kappa shape index (κ2) is 8.57. The van der Waals surface area contributed by atoms with Crippen molar-refractivity contribution in [2.75, 3.05) is 10.6 Å². The number of hydrogen-bond acceptors (Lipinski definition) is 6. The number of fused-ring (bicyclic) bond motifs is 4. The lowest BCUT2D eigenvalue weighted by atomic mass is 10.1. The van der Waals surface area contributed by atoms with Crippen LogP contribution in [0.3, 0.4) is 0 Å². The van der Waals surface area contributed by atoms with Crippen LogP contribution in [0.25, 0.3) is 0 Å². The summed E-state index contributed by atoms with van der Waals surface area (Å²) in [4.78, 5) is 28.3. The summed E-state index contributed by atoms with van der Waals surface area (Å²) < 4.78 is 52.8. The van der Waals surface area contributed by atoms with Gasteiger partial charge in [-0.2, -0.15) is 0 Å². The molecule has 9 nitrogen and oxygen atoms in total. The number of halogens is 3. The van der Waals surface area contributed by atoms with Gasteiger partial charge in [-0.05, 0) is 55.0 Å². The second-order valence-corrected chi connectivity index (χ2v) is 8.79. The maximum Gasteiger partial charge on any atom is 0.573 e. The maximum atomic E-state index is 12.4. The minimum Gasteiger partial charge on any atom is -0.487 e. The summed E-state index contributed by atoms with van der Waals surface area (Å²) in [5, 5.41) is 8.17. The van der Waals surface area contributed by atoms with Gasteiger partial charge in [0.2, 0.25) is 5.91 Å². The zero-order valence-corrected chi connectivity index (χ0v) is 19.0. The fourth-order valence-corrected chi connectivity index (χ4v) is 4.61. The zero-order chi connectivity index (χ0) is 25.7. The number of alkyl halides is 3. The molecule has 3 aliphatic rings. The number of ether oxygens (including phenoxy) is 3. The molecular weight excluding hydrogens is 493 g/mol. The molecule has 0 bridgehead atoms. The fraction of sp³-hybridized carbons (Fsp3) is 0.240. The Morgan fingerprint density at radius 1 is 1.08 bits per heavy atom. The minimum absolute atomic E-state index is 0.0579. The average molecular weight is 512 g/mol. The highest BCUT2D eigenvalue weighted by Crippen LogP contribution is 2.54. The summed E-state index contributed by atoms with van der Waals surface area (Å²) in [5.41, 5.74) is 2.04. The Hall–Kier alpha value is -4.48. The highest BCUT2D eigenvalue weighted by molar-refractivity contribution is 5.93. The van der Waals surface area contributed by atoms with Crippen molar-refractivity contribution >= 4 is 23.4 Å². The predicted octanol–water partition coefficient (Wildman–Crippen LogP) is 4.71. The van der Waals surface area contributed by atoms with Gasteiger partial charge in [-0.1, -0.05) is 0 Å². The van der Waals surface area contributed by atoms with Crippen LogP contribution in [0.15, 0.2) is 54.7 Å². The predicted molar refractivity (Wildman–Crippen MR) is 124 cm³/mol. The van der Waals surface area contributed by atoms with Crippen LogP contribution < -0.4 is 30.2 Å². The van der Waals surface area contributed by atoms with E-state index in [-0.39, 0.29) is 29.7 Å². The highest BCUT2D eigenvalue weighted by atomic mass is 19.4. The first-order chi connectivity index (χ1) is 17.7. The standard InChI is InChI=1S/C25H19F3N4O5/c26-25(27,28)37-13-3-1-12(2-4-13)30-24(34)32-21-20-16-11-14(5-7-17(16)36-22(20)21)35-18-9-10-29-23-15(18)6-8-19(33)31-23/h1-5,7,9-11,20-22H,6,8H2,(H,29,31,33)(H2,30,32,34)/t20-,21-,22-/m0/s1. The summed E-state index contributed by atoms with van der Waals surface area (Å²) >= 11 is 0. The van der Waals surface area contributed by atoms with Gasteiger partial charge in [-0.25, -0.2) is 9.78 Å². The Kier molecular flexibility index (Phi) is 5.32. The molecule has 6 rings (SSSR count). The number of benzene rings is 2. The van der Waals surface area contributed by atoms with Gasteiger partial charge < -0.3 is 30.2 Å². The van der Waals surface area contributed by atoms with Crippen molar-refractivity contribution in [3.8, 4) is 23.0 Å². The summed E-state index contributed by atoms with van der Waals surface area (Å²) in [7, 11) is 0. The van der Waals surface area contributed by atoms with E-state index < -0.39 is 12.4 Å². The van der Waals surface area contributed by atoms with Gasteiger partial charge in [0.25, 0.3) is 0 Å². The molecule has 0 saturated heterocycles. The van der Waals surface area contributed by atoms with Crippen molar-refractivity contribution in [2.24, 2.45) is 0 Å². The molecule has 2 aromatic carbocycles. The number of aromatic nitrogens is 1. The highest BCUT2D eigenvalue weighted by Gasteiger charge is 2.59. The van der Waals surface area contributed by atoms with Gasteiger partial charge in [-0.15, -0.1) is 13.2 Å². The van der Waals surface area contributed by atoms with Crippen LogP contribution in [0.4, 0.5) is 29.5 Å². The number of urea groups is 1. The van der Waals surface area contributed by atoms with Crippen LogP contribution in [0, 0.1) is 0 Å². The second-order valence-electron chi connectivity index (χ2n) is 8.79. The van der Waals surface area contributed by atoms with E-state index in [0.717, 1.165) is 23.3 Å². The molecule has 0 unspecified atom stereocenters. The van der Waals surface area contributed by atoms with Crippen molar-refractivity contribution in [3.63, 3.8) is 0 Å². The number of nitrogens with one attached hydrogen (secondary N) is 3. The monoisotopic (exact) mass is 512 g/mol. The molecule has 12 heteroatoms. The topological polar surface area (TPSA) is 111 Å². The van der Waals surface area contributed by atoms with Crippen LogP contribution in [-0.4, -0.2) is 35.4 Å². The summed E-state index contributed by atoms with van der Waals surface area (Å²) in [5.74, 6) is 1.89. The molecule has 190 valence electrons. The smallest absolute Gasteiger partial charge is 0.487 e. The lowest BCUT2D eigenvalue weighted by Gasteiger charge is -2.19. The van der Waals surface area contributed by atoms with Crippen LogP contribution in [0.2, 0.25) is 0 Å². The van der Waals surface area contributed by atoms with Gasteiger partial charge in [0.15, 0.2) is 0 Å². The first-order valence-electron chi connectivity index (χ1n) is 11.4. The van der Waals surface area contributed by atoms with E-state index in [2.05, 4.69) is 25.7 Å². The van der Waals surface area contributed by atoms with E-state index in [1.54, 1.807) is 18.3 Å². The van der Waals surface area contributed by atoms with E-state index in [4.69, 9.17) is 9.47 Å². The molecule has 1 aliphatic carbocycles. The summed E-state index contributed by atoms with van der Waals surface area (Å²) in [6, 6.07) is 11.3. The van der Waals surface area contributed by atoms with E-state index in [9.17, 15) is 22.8 Å². The van der Waals surface area contributed by atoms with Crippen LogP contribution in [-0.2, 0) is 11.2 Å². The van der Waals surface area contributed by atoms with Gasteiger partial charge in [0.05, 0.1) is 12.0 Å². The van der Waals surface area contributed by atoms with Crippen molar-refractivity contribution in [1.29, 1.82) is 0 Å². The minimum atomic E-state index is -4.79. The molecule has 3 aromatic rings. The van der Waals surface area contributed by atoms with Gasteiger partial charge in [0, 0.05) is 29.4 Å². The zero-order valence-electron chi connectivity index (χ0n) is 19.0. The molecule has 3 N–H and O–H groups in total. The molecule has 2 aliphatic heterocycles. The molecule has 3 amide bonds. The number of amides is 3. The van der Waals surface area contributed by atoms with E-state index in [1.165, 1.54) is 12.1 Å². The molecule has 0 radical (unpaired) electrons. The summed E-state index contributed by atoms with van der Waals surface area (Å²) in [6.45, 7) is 0. The molecule has 37 heavy (non-hydrogen) atoms. The lowest BCUT2D eigenvalue weighted by molar-refractivity contribution is -0.274. The van der Waals surface area contributed by atoms with Crippen LogP contribution in [0.5, 0.6) is 23.0 Å². The molecule has 1 saturated carbocycles. The van der Waals surface area contributed by atoms with E-state index in [1.807, 2.05) is 12.1 Å². The Balaban J connectivity index is 1.09. The summed E-state index contributed by atoms with van der Waals surface area (Å²) in [6.07, 6.45) is -2.54. The third kappa shape index (κ3) is 4.69. The Bertz CT molecular complexity index is 1400. The number of pyridine rings is 1. The Morgan fingerprint density at radius 3 is 2.65 bits per heavy atom. The van der Waals surface area contributed by atoms with E-state index >= 15 is 0 Å². The maximum absolute atomic E-state index is 12.4. The van der Waals surface area contributed by atoms with Crippen molar-refractivity contribution in [1.82, 2.24) is 10.3 Å². The first-order valence-corrected chi connectivity index (χ1v) is 11.4. The number of anilines is 2. The quantitative estimate of drug-likeness (QED) is 0.457. The van der Waals surface area contributed by atoms with E-state index in [0.29, 0.717) is 41.6 Å².